The van der Waals surface area contributed by atoms with E-state index in [9.17, 15) is 9.90 Å². The third-order valence-electron chi connectivity index (χ3n) is 8.27. The molecule has 2 aliphatic carbocycles. The van der Waals surface area contributed by atoms with Crippen LogP contribution in [0, 0.1) is 22.7 Å². The number of aliphatic hydroxyl groups excluding tert-OH is 1. The number of benzene rings is 1. The standard InChI is InChI=1S/C25H37NO5/c1-24-12-11-21-25(2,16-30-23(31-21)15-29-3)20(24)10-9-19(27)18(24)13-22(28)26-14-17-7-5-4-6-8-17/h4-8,18-21,23,27H,9-16H2,1-3H3,(H,26,28)/t18-,19-,20+,21+,23-,24+,25+/m1/s1. The number of carbonyl (C=O) groups excluding carboxylic acids is 1. The van der Waals surface area contributed by atoms with Crippen LogP contribution in [-0.4, -0.2) is 49.8 Å². The van der Waals surface area contributed by atoms with Crippen molar-refractivity contribution in [1.29, 1.82) is 0 Å². The quantitative estimate of drug-likeness (QED) is 0.723. The van der Waals surface area contributed by atoms with Crippen LogP contribution in [0.5, 0.6) is 0 Å². The fraction of sp³-hybridized carbons (Fsp3) is 0.720. The van der Waals surface area contributed by atoms with Gasteiger partial charge in [0.1, 0.15) is 0 Å². The summed E-state index contributed by atoms with van der Waals surface area (Å²) in [5.74, 6) is 0.299. The topological polar surface area (TPSA) is 77.0 Å². The molecule has 1 aromatic carbocycles. The number of methoxy groups -OCH3 is 1. The van der Waals surface area contributed by atoms with Crippen molar-refractivity contribution < 1.29 is 24.1 Å². The molecule has 31 heavy (non-hydrogen) atoms. The Morgan fingerprint density at radius 2 is 1.97 bits per heavy atom. The normalized spacial score (nSPS) is 39.9. The van der Waals surface area contributed by atoms with Crippen LogP contribution in [0.4, 0.5) is 0 Å². The lowest BCUT2D eigenvalue weighted by molar-refractivity contribution is -0.315. The van der Waals surface area contributed by atoms with E-state index in [0.717, 1.165) is 31.2 Å². The van der Waals surface area contributed by atoms with Crippen LogP contribution >= 0.6 is 0 Å². The van der Waals surface area contributed by atoms with Crippen molar-refractivity contribution in [2.24, 2.45) is 22.7 Å². The van der Waals surface area contributed by atoms with Gasteiger partial charge < -0.3 is 24.6 Å². The zero-order chi connectivity index (χ0) is 22.1. The molecule has 1 aliphatic heterocycles. The largest absolute Gasteiger partial charge is 0.393 e. The number of hydrogen-bond donors (Lipinski definition) is 2. The summed E-state index contributed by atoms with van der Waals surface area (Å²) < 4.78 is 17.5. The molecule has 1 heterocycles. The van der Waals surface area contributed by atoms with Crippen molar-refractivity contribution in [3.63, 3.8) is 0 Å². The minimum atomic E-state index is -0.449. The smallest absolute Gasteiger partial charge is 0.220 e. The number of fused-ring (bicyclic) bond motifs is 3. The lowest BCUT2D eigenvalue weighted by Gasteiger charge is -2.62. The number of rotatable bonds is 6. The van der Waals surface area contributed by atoms with Gasteiger partial charge in [0, 0.05) is 25.5 Å². The molecule has 3 aliphatic rings. The lowest BCUT2D eigenvalue weighted by Crippen LogP contribution is -2.63. The van der Waals surface area contributed by atoms with E-state index in [1.807, 2.05) is 30.3 Å². The Bertz CT molecular complexity index is 758. The molecule has 1 amide bonds. The van der Waals surface area contributed by atoms with Crippen LogP contribution in [0.25, 0.3) is 0 Å². The molecular formula is C25H37NO5. The molecule has 0 aromatic heterocycles. The molecule has 0 spiro atoms. The average molecular weight is 432 g/mol. The number of carbonyl (C=O) groups is 1. The molecule has 0 bridgehead atoms. The van der Waals surface area contributed by atoms with Crippen molar-refractivity contribution in [2.45, 2.75) is 71.0 Å². The van der Waals surface area contributed by atoms with Crippen molar-refractivity contribution in [3.8, 4) is 0 Å². The van der Waals surface area contributed by atoms with Crippen molar-refractivity contribution in [2.75, 3.05) is 20.3 Å². The maximum atomic E-state index is 12.8. The van der Waals surface area contributed by atoms with Gasteiger partial charge in [-0.25, -0.2) is 0 Å². The second-order valence-electron chi connectivity index (χ2n) is 10.1. The van der Waals surface area contributed by atoms with Gasteiger partial charge in [-0.1, -0.05) is 44.2 Å². The van der Waals surface area contributed by atoms with E-state index in [1.165, 1.54) is 0 Å². The van der Waals surface area contributed by atoms with Gasteiger partial charge >= 0.3 is 0 Å². The van der Waals surface area contributed by atoms with Gasteiger partial charge in [0.2, 0.25) is 5.91 Å². The number of hydrogen-bond acceptors (Lipinski definition) is 5. The molecule has 0 unspecified atom stereocenters. The summed E-state index contributed by atoms with van der Waals surface area (Å²) in [6.07, 6.45) is 3.26. The second-order valence-corrected chi connectivity index (χ2v) is 10.1. The molecule has 2 saturated carbocycles. The summed E-state index contributed by atoms with van der Waals surface area (Å²) in [4.78, 5) is 12.8. The predicted octanol–water partition coefficient (Wildman–Crippen LogP) is 3.27. The van der Waals surface area contributed by atoms with Crippen LogP contribution in [0.3, 0.4) is 0 Å². The van der Waals surface area contributed by atoms with E-state index in [1.54, 1.807) is 7.11 Å². The summed E-state index contributed by atoms with van der Waals surface area (Å²) in [5, 5.41) is 14.0. The van der Waals surface area contributed by atoms with Crippen molar-refractivity contribution in [1.82, 2.24) is 5.32 Å². The third-order valence-corrected chi connectivity index (χ3v) is 8.27. The summed E-state index contributed by atoms with van der Waals surface area (Å²) in [7, 11) is 1.66. The third kappa shape index (κ3) is 4.40. The van der Waals surface area contributed by atoms with Crippen LogP contribution in [0.2, 0.25) is 0 Å². The van der Waals surface area contributed by atoms with E-state index < -0.39 is 6.10 Å². The highest BCUT2D eigenvalue weighted by molar-refractivity contribution is 5.76. The molecule has 6 nitrogen and oxygen atoms in total. The zero-order valence-electron chi connectivity index (χ0n) is 19.0. The number of amides is 1. The van der Waals surface area contributed by atoms with Gasteiger partial charge in [-0.05, 0) is 48.5 Å². The molecule has 1 aromatic rings. The Kier molecular flexibility index (Phi) is 6.73. The maximum Gasteiger partial charge on any atom is 0.220 e. The molecule has 4 rings (SSSR count). The fourth-order valence-electron chi connectivity index (χ4n) is 6.58. The van der Waals surface area contributed by atoms with E-state index in [-0.39, 0.29) is 35.0 Å². The first kappa shape index (κ1) is 22.7. The first-order chi connectivity index (χ1) is 14.9. The van der Waals surface area contributed by atoms with E-state index in [0.29, 0.717) is 32.1 Å². The fourth-order valence-corrected chi connectivity index (χ4v) is 6.58. The Morgan fingerprint density at radius 1 is 1.19 bits per heavy atom. The second kappa shape index (κ2) is 9.18. The number of ether oxygens (including phenoxy) is 3. The van der Waals surface area contributed by atoms with Crippen LogP contribution in [-0.2, 0) is 25.5 Å². The van der Waals surface area contributed by atoms with Crippen molar-refractivity contribution in [3.05, 3.63) is 35.9 Å². The minimum absolute atomic E-state index is 0.0124. The maximum absolute atomic E-state index is 12.8. The van der Waals surface area contributed by atoms with E-state index >= 15 is 0 Å². The Hall–Kier alpha value is -1.47. The SMILES string of the molecule is COC[C@@H]1OC[C@@]2(C)[C@H]3CC[C@@H](O)[C@@H](CC(=O)NCc4ccccc4)[C@]3(C)CC[C@@H]2O1. The Labute approximate surface area is 185 Å². The van der Waals surface area contributed by atoms with Gasteiger partial charge in [-0.3, -0.25) is 4.79 Å². The van der Waals surface area contributed by atoms with Gasteiger partial charge in [0.25, 0.3) is 0 Å². The van der Waals surface area contributed by atoms with Crippen molar-refractivity contribution >= 4 is 5.91 Å². The van der Waals surface area contributed by atoms with Gasteiger partial charge in [-0.2, -0.15) is 0 Å². The molecule has 7 atom stereocenters. The summed E-state index contributed by atoms with van der Waals surface area (Å²) in [5.41, 5.74) is 0.850. The molecule has 2 N–H and O–H groups in total. The van der Waals surface area contributed by atoms with Gasteiger partial charge in [0.15, 0.2) is 6.29 Å². The first-order valence-electron chi connectivity index (χ1n) is 11.6. The molecule has 1 saturated heterocycles. The monoisotopic (exact) mass is 431 g/mol. The Morgan fingerprint density at radius 3 is 2.71 bits per heavy atom. The van der Waals surface area contributed by atoms with Crippen LogP contribution < -0.4 is 5.32 Å². The van der Waals surface area contributed by atoms with Crippen LogP contribution in [0.1, 0.15) is 51.5 Å². The van der Waals surface area contributed by atoms with E-state index in [4.69, 9.17) is 14.2 Å². The highest BCUT2D eigenvalue weighted by atomic mass is 16.7. The molecular weight excluding hydrogens is 394 g/mol. The summed E-state index contributed by atoms with van der Waals surface area (Å²) in [6.45, 7) is 6.14. The average Bonchev–Trinajstić information content (AvgIpc) is 2.76. The highest BCUT2D eigenvalue weighted by Crippen LogP contribution is 2.62. The summed E-state index contributed by atoms with van der Waals surface area (Å²) >= 11 is 0. The number of aliphatic hydroxyl groups is 1. The molecule has 3 fully saturated rings. The highest BCUT2D eigenvalue weighted by Gasteiger charge is 2.61. The van der Waals surface area contributed by atoms with E-state index in [2.05, 4.69) is 19.2 Å². The lowest BCUT2D eigenvalue weighted by atomic mass is 9.46. The predicted molar refractivity (Wildman–Crippen MR) is 117 cm³/mol. The molecule has 6 heteroatoms. The van der Waals surface area contributed by atoms with Gasteiger partial charge in [0.05, 0.1) is 25.4 Å². The molecule has 0 radical (unpaired) electrons. The van der Waals surface area contributed by atoms with Gasteiger partial charge in [-0.15, -0.1) is 0 Å². The van der Waals surface area contributed by atoms with Crippen LogP contribution in [0.15, 0.2) is 30.3 Å². The first-order valence-corrected chi connectivity index (χ1v) is 11.6. The Balaban J connectivity index is 1.45. The molecule has 172 valence electrons. The number of nitrogens with one attached hydrogen (secondary N) is 1. The summed E-state index contributed by atoms with van der Waals surface area (Å²) in [6, 6.07) is 9.94. The zero-order valence-corrected chi connectivity index (χ0v) is 19.0. The minimum Gasteiger partial charge on any atom is -0.393 e.